The summed E-state index contributed by atoms with van der Waals surface area (Å²) < 4.78 is 14.3. The predicted molar refractivity (Wildman–Crippen MR) is 108 cm³/mol. The summed E-state index contributed by atoms with van der Waals surface area (Å²) in [6.07, 6.45) is 0. The maximum atomic E-state index is 13.7. The van der Waals surface area contributed by atoms with Crippen LogP contribution < -0.4 is 5.32 Å². The number of fused-ring (bicyclic) bond motifs is 1. The Morgan fingerprint density at radius 2 is 1.78 bits per heavy atom. The van der Waals surface area contributed by atoms with Crippen molar-refractivity contribution >= 4 is 44.9 Å². The van der Waals surface area contributed by atoms with Gasteiger partial charge in [-0.2, -0.15) is 0 Å². The van der Waals surface area contributed by atoms with E-state index in [0.717, 1.165) is 10.8 Å². The van der Waals surface area contributed by atoms with Crippen LogP contribution in [0.4, 0.5) is 9.52 Å². The van der Waals surface area contributed by atoms with Crippen molar-refractivity contribution in [3.05, 3.63) is 83.7 Å². The second-order valence-corrected chi connectivity index (χ2v) is 7.97. The first-order valence-corrected chi connectivity index (χ1v) is 9.99. The zero-order valence-corrected chi connectivity index (χ0v) is 15.7. The van der Waals surface area contributed by atoms with Crippen molar-refractivity contribution in [2.24, 2.45) is 0 Å². The molecule has 0 aliphatic rings. The van der Waals surface area contributed by atoms with E-state index in [9.17, 15) is 9.18 Å². The van der Waals surface area contributed by atoms with Crippen molar-refractivity contribution in [1.82, 2.24) is 10.2 Å². The van der Waals surface area contributed by atoms with E-state index >= 15 is 0 Å². The first kappa shape index (κ1) is 17.6. The van der Waals surface area contributed by atoms with Gasteiger partial charge in [-0.25, -0.2) is 4.39 Å². The van der Waals surface area contributed by atoms with Crippen LogP contribution in [0, 0.1) is 5.82 Å². The van der Waals surface area contributed by atoms with Gasteiger partial charge >= 0.3 is 0 Å². The fourth-order valence-electron chi connectivity index (χ4n) is 2.57. The molecule has 0 saturated carbocycles. The molecule has 27 heavy (non-hydrogen) atoms. The number of rotatable bonds is 5. The Balaban J connectivity index is 1.42. The molecule has 0 spiro atoms. The van der Waals surface area contributed by atoms with Gasteiger partial charge < -0.3 is 0 Å². The van der Waals surface area contributed by atoms with Gasteiger partial charge in [0, 0.05) is 11.3 Å². The number of benzene rings is 3. The quantitative estimate of drug-likeness (QED) is 0.364. The van der Waals surface area contributed by atoms with Crippen LogP contribution in [-0.2, 0) is 5.75 Å². The van der Waals surface area contributed by atoms with Crippen LogP contribution in [0.25, 0.3) is 10.8 Å². The molecule has 0 atom stereocenters. The summed E-state index contributed by atoms with van der Waals surface area (Å²) in [6, 6.07) is 20.1. The Kier molecular flexibility index (Phi) is 5.13. The van der Waals surface area contributed by atoms with E-state index in [1.165, 1.54) is 29.2 Å². The molecule has 0 bridgehead atoms. The smallest absolute Gasteiger partial charge is 0.257 e. The molecule has 4 rings (SSSR count). The van der Waals surface area contributed by atoms with Crippen molar-refractivity contribution in [2.75, 3.05) is 5.32 Å². The Hall–Kier alpha value is -2.77. The third-order valence-corrected chi connectivity index (χ3v) is 5.97. The van der Waals surface area contributed by atoms with E-state index < -0.39 is 0 Å². The van der Waals surface area contributed by atoms with Crippen LogP contribution >= 0.6 is 23.1 Å². The summed E-state index contributed by atoms with van der Waals surface area (Å²) in [7, 11) is 0. The summed E-state index contributed by atoms with van der Waals surface area (Å²) in [5, 5.41) is 13.3. The van der Waals surface area contributed by atoms with Gasteiger partial charge in [0.25, 0.3) is 5.91 Å². The average molecular weight is 395 g/mol. The standard InChI is InChI=1S/C20H14FN3OS2/c21-17-8-4-3-7-16(17)12-26-20-24-23-19(27-20)22-18(25)15-10-9-13-5-1-2-6-14(13)11-15/h1-11H,12H2,(H,22,23,25). The van der Waals surface area contributed by atoms with Gasteiger partial charge in [-0.1, -0.05) is 71.6 Å². The van der Waals surface area contributed by atoms with Gasteiger partial charge in [0.15, 0.2) is 4.34 Å². The molecule has 3 aromatic carbocycles. The van der Waals surface area contributed by atoms with Gasteiger partial charge in [0.05, 0.1) is 0 Å². The zero-order valence-electron chi connectivity index (χ0n) is 14.1. The number of carbonyl (C=O) groups excluding carboxylic acids is 1. The maximum Gasteiger partial charge on any atom is 0.257 e. The fraction of sp³-hybridized carbons (Fsp3) is 0.0500. The minimum Gasteiger partial charge on any atom is -0.296 e. The van der Waals surface area contributed by atoms with Crippen LogP contribution in [0.2, 0.25) is 0 Å². The zero-order chi connectivity index (χ0) is 18.6. The Labute approximate surface area is 163 Å². The highest BCUT2D eigenvalue weighted by Gasteiger charge is 2.12. The lowest BCUT2D eigenvalue weighted by atomic mass is 10.1. The molecule has 0 aliphatic heterocycles. The molecule has 0 radical (unpaired) electrons. The predicted octanol–water partition coefficient (Wildman–Crippen LogP) is 5.38. The molecular formula is C20H14FN3OS2. The molecule has 1 N–H and O–H groups in total. The first-order valence-electron chi connectivity index (χ1n) is 8.19. The average Bonchev–Trinajstić information content (AvgIpc) is 3.14. The number of nitrogens with zero attached hydrogens (tertiary/aromatic N) is 2. The fourth-order valence-corrected chi connectivity index (χ4v) is 4.31. The summed E-state index contributed by atoms with van der Waals surface area (Å²) in [4.78, 5) is 12.5. The second-order valence-electron chi connectivity index (χ2n) is 5.77. The van der Waals surface area contributed by atoms with Crippen molar-refractivity contribution < 1.29 is 9.18 Å². The Bertz CT molecular complexity index is 1110. The molecule has 1 amide bonds. The molecule has 1 aromatic heterocycles. The Morgan fingerprint density at radius 3 is 2.63 bits per heavy atom. The summed E-state index contributed by atoms with van der Waals surface area (Å²) in [6.45, 7) is 0. The van der Waals surface area contributed by atoms with E-state index in [1.54, 1.807) is 24.3 Å². The number of anilines is 1. The molecule has 0 fully saturated rings. The molecular weight excluding hydrogens is 381 g/mol. The Morgan fingerprint density at radius 1 is 1.00 bits per heavy atom. The number of aromatic nitrogens is 2. The van der Waals surface area contributed by atoms with E-state index in [-0.39, 0.29) is 11.7 Å². The van der Waals surface area contributed by atoms with Gasteiger partial charge in [0.1, 0.15) is 5.82 Å². The number of halogens is 1. The first-order chi connectivity index (χ1) is 13.2. The topological polar surface area (TPSA) is 54.9 Å². The number of hydrogen-bond donors (Lipinski definition) is 1. The van der Waals surface area contributed by atoms with Crippen molar-refractivity contribution in [3.63, 3.8) is 0 Å². The molecule has 0 saturated heterocycles. The molecule has 1 heterocycles. The third kappa shape index (κ3) is 4.15. The van der Waals surface area contributed by atoms with Gasteiger partial charge in [-0.3, -0.25) is 10.1 Å². The van der Waals surface area contributed by atoms with Gasteiger partial charge in [0.2, 0.25) is 5.13 Å². The number of thioether (sulfide) groups is 1. The van der Waals surface area contributed by atoms with Gasteiger partial charge in [-0.05, 0) is 34.5 Å². The number of hydrogen-bond acceptors (Lipinski definition) is 5. The molecule has 0 unspecified atom stereocenters. The van der Waals surface area contributed by atoms with Crippen molar-refractivity contribution in [3.8, 4) is 0 Å². The molecule has 7 heteroatoms. The van der Waals surface area contributed by atoms with Crippen LogP contribution in [0.5, 0.6) is 0 Å². The highest BCUT2D eigenvalue weighted by atomic mass is 32.2. The van der Waals surface area contributed by atoms with Crippen LogP contribution in [0.15, 0.2) is 71.1 Å². The lowest BCUT2D eigenvalue weighted by molar-refractivity contribution is 0.102. The minimum atomic E-state index is -0.237. The second kappa shape index (κ2) is 7.85. The van der Waals surface area contributed by atoms with Crippen molar-refractivity contribution in [1.29, 1.82) is 0 Å². The summed E-state index contributed by atoms with van der Waals surface area (Å²) in [5.74, 6) is -0.0122. The lowest BCUT2D eigenvalue weighted by Crippen LogP contribution is -2.11. The molecule has 4 nitrogen and oxygen atoms in total. The van der Waals surface area contributed by atoms with Crippen molar-refractivity contribution in [2.45, 2.75) is 10.1 Å². The highest BCUT2D eigenvalue weighted by molar-refractivity contribution is 8.00. The van der Waals surface area contributed by atoms with E-state index in [0.29, 0.717) is 26.4 Å². The third-order valence-electron chi connectivity index (χ3n) is 3.95. The minimum absolute atomic E-state index is 0.234. The van der Waals surface area contributed by atoms with Crippen LogP contribution in [0.3, 0.4) is 0 Å². The van der Waals surface area contributed by atoms with Gasteiger partial charge in [-0.15, -0.1) is 10.2 Å². The SMILES string of the molecule is O=C(Nc1nnc(SCc2ccccc2F)s1)c1ccc2ccccc2c1. The normalized spacial score (nSPS) is 10.9. The van der Waals surface area contributed by atoms with Crippen LogP contribution in [-0.4, -0.2) is 16.1 Å². The number of nitrogens with one attached hydrogen (secondary N) is 1. The van der Waals surface area contributed by atoms with Crippen LogP contribution in [0.1, 0.15) is 15.9 Å². The molecule has 134 valence electrons. The van der Waals surface area contributed by atoms with E-state index in [2.05, 4.69) is 15.5 Å². The lowest BCUT2D eigenvalue weighted by Gasteiger charge is -2.03. The van der Waals surface area contributed by atoms with E-state index in [4.69, 9.17) is 0 Å². The molecule has 4 aromatic rings. The van der Waals surface area contributed by atoms with E-state index in [1.807, 2.05) is 36.4 Å². The summed E-state index contributed by atoms with van der Waals surface area (Å²) in [5.41, 5.74) is 1.17. The summed E-state index contributed by atoms with van der Waals surface area (Å²) >= 11 is 2.66. The maximum absolute atomic E-state index is 13.7. The molecule has 0 aliphatic carbocycles. The number of amides is 1. The monoisotopic (exact) mass is 395 g/mol. The number of carbonyl (C=O) groups is 1. The largest absolute Gasteiger partial charge is 0.296 e. The highest BCUT2D eigenvalue weighted by Crippen LogP contribution is 2.29.